The summed E-state index contributed by atoms with van der Waals surface area (Å²) in [7, 11) is 1.90. The number of benzene rings is 2. The summed E-state index contributed by atoms with van der Waals surface area (Å²) in [6.45, 7) is 5.76. The first-order valence-electron chi connectivity index (χ1n) is 12.0. The third-order valence-corrected chi connectivity index (χ3v) is 6.01. The maximum atomic E-state index is 14.3. The predicted molar refractivity (Wildman–Crippen MR) is 140 cm³/mol. The van der Waals surface area contributed by atoms with Gasteiger partial charge < -0.3 is 24.9 Å². The van der Waals surface area contributed by atoms with Crippen LogP contribution in [0.5, 0.6) is 17.2 Å². The van der Waals surface area contributed by atoms with Gasteiger partial charge in [0.25, 0.3) is 0 Å². The third kappa shape index (κ3) is 5.28. The Morgan fingerprint density at radius 1 is 1.03 bits per heavy atom. The predicted octanol–water partition coefficient (Wildman–Crippen LogP) is 4.40. The van der Waals surface area contributed by atoms with E-state index in [0.717, 1.165) is 17.1 Å². The number of hydrogen-bond acceptors (Lipinski definition) is 8. The molecule has 0 fully saturated rings. The van der Waals surface area contributed by atoms with E-state index in [2.05, 4.69) is 20.1 Å². The molecule has 0 unspecified atom stereocenters. The molecular formula is C27H28FN7O3. The van der Waals surface area contributed by atoms with Gasteiger partial charge in [-0.2, -0.15) is 5.10 Å². The highest BCUT2D eigenvalue weighted by molar-refractivity contribution is 5.98. The summed E-state index contributed by atoms with van der Waals surface area (Å²) in [5, 5.41) is 15.6. The van der Waals surface area contributed by atoms with Crippen LogP contribution in [0.3, 0.4) is 0 Å². The largest absolute Gasteiger partial charge is 0.487 e. The van der Waals surface area contributed by atoms with E-state index in [4.69, 9.17) is 15.2 Å². The molecule has 0 radical (unpaired) electrons. The Kier molecular flexibility index (Phi) is 6.45. The van der Waals surface area contributed by atoms with Crippen LogP contribution in [0.15, 0.2) is 55.0 Å². The zero-order chi connectivity index (χ0) is 27.0. The minimum atomic E-state index is -1.00. The second-order valence-electron chi connectivity index (χ2n) is 9.67. The van der Waals surface area contributed by atoms with Crippen LogP contribution in [-0.2, 0) is 20.2 Å². The van der Waals surface area contributed by atoms with Crippen molar-refractivity contribution < 1.29 is 19.0 Å². The number of aliphatic hydroxyl groups is 1. The van der Waals surface area contributed by atoms with Gasteiger partial charge in [-0.1, -0.05) is 0 Å². The Morgan fingerprint density at radius 3 is 2.45 bits per heavy atom. The number of halogens is 1. The molecule has 0 atom stereocenters. The molecule has 0 saturated heterocycles. The maximum absolute atomic E-state index is 14.3. The second kappa shape index (κ2) is 9.75. The van der Waals surface area contributed by atoms with E-state index in [1.54, 1.807) is 42.9 Å². The van der Waals surface area contributed by atoms with Crippen LogP contribution in [0, 0.1) is 12.7 Å². The van der Waals surface area contributed by atoms with Gasteiger partial charge in [-0.3, -0.25) is 0 Å². The van der Waals surface area contributed by atoms with Crippen molar-refractivity contribution in [2.45, 2.75) is 39.5 Å². The molecule has 0 aliphatic heterocycles. The topological polar surface area (TPSA) is 126 Å². The van der Waals surface area contributed by atoms with Gasteiger partial charge >= 0.3 is 0 Å². The van der Waals surface area contributed by atoms with Crippen LogP contribution in [0.4, 0.5) is 10.2 Å². The second-order valence-corrected chi connectivity index (χ2v) is 9.67. The number of nitrogens with zero attached hydrogens (tertiary/aromatic N) is 6. The van der Waals surface area contributed by atoms with Gasteiger partial charge in [-0.15, -0.1) is 0 Å². The van der Waals surface area contributed by atoms with Crippen molar-refractivity contribution in [1.82, 2.24) is 29.3 Å². The monoisotopic (exact) mass is 517 g/mol. The zero-order valence-corrected chi connectivity index (χ0v) is 21.5. The van der Waals surface area contributed by atoms with Crippen LogP contribution in [0.2, 0.25) is 0 Å². The molecule has 5 rings (SSSR count). The SMILES string of the molecule is Cc1ncc(COc2cc(F)cc(Oc3ccc(-c4nn(CC(C)(C)O)c5ncnc(N)c45)cc3)c2)n1C. The number of ether oxygens (including phenoxy) is 2. The van der Waals surface area contributed by atoms with Gasteiger partial charge in [0.1, 0.15) is 53.3 Å². The first kappa shape index (κ1) is 25.2. The van der Waals surface area contributed by atoms with Gasteiger partial charge in [0.05, 0.1) is 29.4 Å². The molecule has 11 heteroatoms. The van der Waals surface area contributed by atoms with Gasteiger partial charge in [0.15, 0.2) is 5.65 Å². The summed E-state index contributed by atoms with van der Waals surface area (Å²) in [5.74, 6) is 1.82. The normalized spacial score (nSPS) is 11.7. The number of nitrogens with two attached hydrogens (primary N) is 1. The molecular weight excluding hydrogens is 489 g/mol. The summed E-state index contributed by atoms with van der Waals surface area (Å²) in [6.07, 6.45) is 3.10. The molecule has 0 aliphatic rings. The highest BCUT2D eigenvalue weighted by Gasteiger charge is 2.21. The molecule has 0 aliphatic carbocycles. The number of hydrogen-bond donors (Lipinski definition) is 2. The average Bonchev–Trinajstić information content (AvgIpc) is 3.37. The number of imidazole rings is 1. The summed E-state index contributed by atoms with van der Waals surface area (Å²) < 4.78 is 29.5. The maximum Gasteiger partial charge on any atom is 0.164 e. The smallest absolute Gasteiger partial charge is 0.164 e. The molecule has 0 saturated carbocycles. The first-order valence-corrected chi connectivity index (χ1v) is 12.0. The number of anilines is 1. The number of fused-ring (bicyclic) bond motifs is 1. The third-order valence-electron chi connectivity index (χ3n) is 6.01. The Labute approximate surface area is 218 Å². The Morgan fingerprint density at radius 2 is 1.76 bits per heavy atom. The quantitative estimate of drug-likeness (QED) is 0.310. The number of nitrogen functional groups attached to an aromatic ring is 1. The highest BCUT2D eigenvalue weighted by Crippen LogP contribution is 2.33. The van der Waals surface area contributed by atoms with E-state index < -0.39 is 11.4 Å². The minimum Gasteiger partial charge on any atom is -0.487 e. The lowest BCUT2D eigenvalue weighted by Crippen LogP contribution is -2.26. The minimum absolute atomic E-state index is 0.228. The highest BCUT2D eigenvalue weighted by atomic mass is 19.1. The number of rotatable bonds is 8. The fourth-order valence-corrected chi connectivity index (χ4v) is 4.05. The molecule has 196 valence electrons. The lowest BCUT2D eigenvalue weighted by atomic mass is 10.1. The summed E-state index contributed by atoms with van der Waals surface area (Å²) >= 11 is 0. The van der Waals surface area contributed by atoms with Crippen molar-refractivity contribution in [2.24, 2.45) is 7.05 Å². The Hall–Kier alpha value is -4.51. The molecule has 10 nitrogen and oxygen atoms in total. The van der Waals surface area contributed by atoms with Gasteiger partial charge in [0.2, 0.25) is 0 Å². The van der Waals surface area contributed by atoms with Crippen molar-refractivity contribution in [1.29, 1.82) is 0 Å². The molecule has 0 amide bonds. The summed E-state index contributed by atoms with van der Waals surface area (Å²) in [4.78, 5) is 12.7. The van der Waals surface area contributed by atoms with Crippen molar-refractivity contribution in [3.05, 3.63) is 72.3 Å². The van der Waals surface area contributed by atoms with Crippen molar-refractivity contribution in [2.75, 3.05) is 5.73 Å². The van der Waals surface area contributed by atoms with Crippen LogP contribution < -0.4 is 15.2 Å². The van der Waals surface area contributed by atoms with E-state index in [0.29, 0.717) is 39.8 Å². The Bertz CT molecular complexity index is 1600. The van der Waals surface area contributed by atoms with E-state index in [1.807, 2.05) is 30.7 Å². The van der Waals surface area contributed by atoms with Crippen LogP contribution >= 0.6 is 0 Å². The van der Waals surface area contributed by atoms with Crippen LogP contribution in [0.1, 0.15) is 25.4 Å². The summed E-state index contributed by atoms with van der Waals surface area (Å²) in [6, 6.07) is 11.4. The van der Waals surface area contributed by atoms with Gasteiger partial charge in [-0.05, 0) is 45.0 Å². The molecule has 5 aromatic rings. The lowest BCUT2D eigenvalue weighted by molar-refractivity contribution is 0.0590. The van der Waals surface area contributed by atoms with E-state index in [1.165, 1.54) is 18.5 Å². The van der Waals surface area contributed by atoms with Gasteiger partial charge in [-0.25, -0.2) is 24.0 Å². The van der Waals surface area contributed by atoms with Crippen molar-refractivity contribution in [3.63, 3.8) is 0 Å². The standard InChI is InChI=1S/C27H28FN7O3/c1-16-30-12-19(34(16)4)13-37-21-9-18(28)10-22(11-21)38-20-7-5-17(6-8-20)24-23-25(29)31-15-32-26(23)35(33-24)14-27(2,3)36/h5-12,15,36H,13-14H2,1-4H3,(H2,29,31,32). The fraction of sp³-hybridized carbons (Fsp3) is 0.259. The first-order chi connectivity index (χ1) is 18.1. The van der Waals surface area contributed by atoms with Crippen molar-refractivity contribution in [3.8, 4) is 28.5 Å². The molecule has 0 bridgehead atoms. The lowest BCUT2D eigenvalue weighted by Gasteiger charge is -2.16. The molecule has 3 aromatic heterocycles. The van der Waals surface area contributed by atoms with Gasteiger partial charge in [0, 0.05) is 30.8 Å². The number of aryl methyl sites for hydroxylation is 1. The fourth-order valence-electron chi connectivity index (χ4n) is 4.05. The Balaban J connectivity index is 1.37. The average molecular weight is 518 g/mol. The molecule has 38 heavy (non-hydrogen) atoms. The molecule has 3 N–H and O–H groups in total. The van der Waals surface area contributed by atoms with Crippen LogP contribution in [0.25, 0.3) is 22.3 Å². The van der Waals surface area contributed by atoms with Crippen molar-refractivity contribution >= 4 is 16.9 Å². The van der Waals surface area contributed by atoms with Crippen LogP contribution in [-0.4, -0.2) is 40.0 Å². The number of aromatic nitrogens is 6. The van der Waals surface area contributed by atoms with E-state index in [-0.39, 0.29) is 13.2 Å². The summed E-state index contributed by atoms with van der Waals surface area (Å²) in [5.41, 5.74) is 7.90. The molecule has 2 aromatic carbocycles. The zero-order valence-electron chi connectivity index (χ0n) is 21.5. The molecule has 3 heterocycles. The van der Waals surface area contributed by atoms with E-state index in [9.17, 15) is 9.50 Å². The molecule has 0 spiro atoms. The van der Waals surface area contributed by atoms with E-state index >= 15 is 0 Å².